The molecule has 2 aromatic carbocycles. The van der Waals surface area contributed by atoms with Crippen LogP contribution in [0.2, 0.25) is 5.02 Å². The molecule has 0 fully saturated rings. The van der Waals surface area contributed by atoms with E-state index in [4.69, 9.17) is 11.6 Å². The summed E-state index contributed by atoms with van der Waals surface area (Å²) < 4.78 is 2.02. The number of carbonyl (C=O) groups excluding carboxylic acids is 1. The van der Waals surface area contributed by atoms with Crippen molar-refractivity contribution >= 4 is 28.5 Å². The highest BCUT2D eigenvalue weighted by Gasteiger charge is 2.24. The number of halogens is 1. The average molecular weight is 356 g/mol. The quantitative estimate of drug-likeness (QED) is 0.742. The van der Waals surface area contributed by atoms with Crippen molar-refractivity contribution in [3.8, 4) is 0 Å². The third-order valence-corrected chi connectivity index (χ3v) is 4.73. The molecule has 130 valence electrons. The summed E-state index contributed by atoms with van der Waals surface area (Å²) in [4.78, 5) is 17.4. The highest BCUT2D eigenvalue weighted by molar-refractivity contribution is 6.30. The third-order valence-electron chi connectivity index (χ3n) is 4.48. The van der Waals surface area contributed by atoms with Crippen LogP contribution in [0.3, 0.4) is 0 Å². The van der Waals surface area contributed by atoms with Gasteiger partial charge in [0.05, 0.1) is 23.5 Å². The van der Waals surface area contributed by atoms with Crippen molar-refractivity contribution in [3.05, 3.63) is 64.9 Å². The lowest BCUT2D eigenvalue weighted by Crippen LogP contribution is -2.32. The number of hydrogen-bond acceptors (Lipinski definition) is 2. The molecule has 1 heterocycles. The number of aromatic nitrogens is 2. The molecule has 0 aliphatic carbocycles. The number of amides is 1. The zero-order valence-corrected chi connectivity index (χ0v) is 15.4. The average Bonchev–Trinajstić information content (AvgIpc) is 2.91. The van der Waals surface area contributed by atoms with Crippen molar-refractivity contribution in [1.82, 2.24) is 14.9 Å². The molecular formula is C20H22ClN3O. The van der Waals surface area contributed by atoms with Crippen LogP contribution in [0.1, 0.15) is 31.2 Å². The summed E-state index contributed by atoms with van der Waals surface area (Å²) in [7, 11) is 1.97. The first-order chi connectivity index (χ1) is 12.0. The maximum absolute atomic E-state index is 12.8. The Labute approximate surface area is 152 Å². The van der Waals surface area contributed by atoms with Crippen LogP contribution in [0, 0.1) is 5.92 Å². The molecule has 0 unspecified atom stereocenters. The van der Waals surface area contributed by atoms with E-state index in [0.29, 0.717) is 11.6 Å². The molecule has 25 heavy (non-hydrogen) atoms. The largest absolute Gasteiger partial charge is 0.348 e. The Bertz CT molecular complexity index is 884. The molecule has 1 aromatic heterocycles. The molecule has 0 radical (unpaired) electrons. The lowest BCUT2D eigenvalue weighted by atomic mass is 9.87. The van der Waals surface area contributed by atoms with Gasteiger partial charge in [-0.1, -0.05) is 49.7 Å². The van der Waals surface area contributed by atoms with Crippen molar-refractivity contribution in [1.29, 1.82) is 0 Å². The number of nitrogens with one attached hydrogen (secondary N) is 1. The number of rotatable bonds is 5. The van der Waals surface area contributed by atoms with Gasteiger partial charge in [-0.05, 0) is 35.7 Å². The predicted octanol–water partition coefficient (Wildman–Crippen LogP) is 4.28. The molecular weight excluding hydrogens is 334 g/mol. The number of carbonyl (C=O) groups is 1. The van der Waals surface area contributed by atoms with Crippen LogP contribution in [0.15, 0.2) is 48.5 Å². The minimum atomic E-state index is -0.216. The molecule has 1 N–H and O–H groups in total. The van der Waals surface area contributed by atoms with E-state index in [9.17, 15) is 4.79 Å². The van der Waals surface area contributed by atoms with Crippen LogP contribution in [0.5, 0.6) is 0 Å². The molecule has 4 nitrogen and oxygen atoms in total. The van der Waals surface area contributed by atoms with Crippen LogP contribution in [-0.2, 0) is 18.4 Å². The minimum Gasteiger partial charge on any atom is -0.348 e. The van der Waals surface area contributed by atoms with E-state index < -0.39 is 0 Å². The summed E-state index contributed by atoms with van der Waals surface area (Å²) in [6.45, 7) is 4.50. The van der Waals surface area contributed by atoms with E-state index in [1.807, 2.05) is 74.0 Å². The van der Waals surface area contributed by atoms with Gasteiger partial charge in [-0.25, -0.2) is 4.98 Å². The molecule has 1 amide bonds. The fourth-order valence-electron chi connectivity index (χ4n) is 3.14. The summed E-state index contributed by atoms with van der Waals surface area (Å²) in [5, 5.41) is 3.71. The van der Waals surface area contributed by atoms with Crippen molar-refractivity contribution < 1.29 is 4.79 Å². The van der Waals surface area contributed by atoms with E-state index in [1.165, 1.54) is 0 Å². The van der Waals surface area contributed by atoms with Crippen molar-refractivity contribution in [2.75, 3.05) is 0 Å². The second-order valence-corrected chi connectivity index (χ2v) is 7.00. The van der Waals surface area contributed by atoms with Gasteiger partial charge in [0, 0.05) is 12.1 Å². The molecule has 3 aromatic rings. The summed E-state index contributed by atoms with van der Waals surface area (Å²) in [6.07, 6.45) is 0. The van der Waals surface area contributed by atoms with Crippen molar-refractivity contribution in [2.24, 2.45) is 13.0 Å². The second kappa shape index (κ2) is 7.28. The van der Waals surface area contributed by atoms with Gasteiger partial charge in [0.1, 0.15) is 5.82 Å². The molecule has 0 saturated carbocycles. The Morgan fingerprint density at radius 1 is 1.16 bits per heavy atom. The van der Waals surface area contributed by atoms with Crippen LogP contribution >= 0.6 is 11.6 Å². The molecule has 5 heteroatoms. The molecule has 0 saturated heterocycles. The van der Waals surface area contributed by atoms with Gasteiger partial charge in [-0.2, -0.15) is 0 Å². The van der Waals surface area contributed by atoms with Gasteiger partial charge in [-0.3, -0.25) is 4.79 Å². The molecule has 0 bridgehead atoms. The van der Waals surface area contributed by atoms with Gasteiger partial charge in [0.2, 0.25) is 5.91 Å². The van der Waals surface area contributed by atoms with E-state index in [1.54, 1.807) is 0 Å². The van der Waals surface area contributed by atoms with E-state index in [-0.39, 0.29) is 17.7 Å². The molecule has 0 aliphatic rings. The zero-order chi connectivity index (χ0) is 18.0. The third kappa shape index (κ3) is 3.69. The fraction of sp³-hybridized carbons (Fsp3) is 0.300. The number of nitrogens with zero attached hydrogens (tertiary/aromatic N) is 2. The zero-order valence-electron chi connectivity index (χ0n) is 14.7. The van der Waals surface area contributed by atoms with Gasteiger partial charge < -0.3 is 9.88 Å². The second-order valence-electron chi connectivity index (χ2n) is 6.57. The van der Waals surface area contributed by atoms with E-state index in [0.717, 1.165) is 22.4 Å². The summed E-state index contributed by atoms with van der Waals surface area (Å²) in [6, 6.07) is 15.4. The Morgan fingerprint density at radius 2 is 1.84 bits per heavy atom. The van der Waals surface area contributed by atoms with Crippen molar-refractivity contribution in [3.63, 3.8) is 0 Å². The van der Waals surface area contributed by atoms with Crippen LogP contribution in [0.4, 0.5) is 0 Å². The Morgan fingerprint density at radius 3 is 2.48 bits per heavy atom. The number of imidazole rings is 1. The molecule has 3 rings (SSSR count). The Hall–Kier alpha value is -2.33. The molecule has 0 aliphatic heterocycles. The summed E-state index contributed by atoms with van der Waals surface area (Å²) in [5.41, 5.74) is 2.97. The van der Waals surface area contributed by atoms with Crippen molar-refractivity contribution in [2.45, 2.75) is 26.3 Å². The standard InChI is InChI=1S/C20H22ClN3O/c1-13(2)19(14-8-10-15(21)11-9-14)20(25)22-12-18-23-16-6-4-5-7-17(16)24(18)3/h4-11,13,19H,12H2,1-3H3,(H,22,25)/t19-/m1/s1. The fourth-order valence-corrected chi connectivity index (χ4v) is 3.26. The number of aryl methyl sites for hydroxylation is 1. The minimum absolute atomic E-state index is 0.00405. The maximum atomic E-state index is 12.8. The number of fused-ring (bicyclic) bond motifs is 1. The highest BCUT2D eigenvalue weighted by Crippen LogP contribution is 2.26. The first-order valence-corrected chi connectivity index (χ1v) is 8.78. The molecule has 1 atom stereocenters. The van der Waals surface area contributed by atoms with Crippen LogP contribution < -0.4 is 5.32 Å². The SMILES string of the molecule is CC(C)[C@@H](C(=O)NCc1nc2ccccc2n1C)c1ccc(Cl)cc1. The van der Waals surface area contributed by atoms with Gasteiger partial charge in [-0.15, -0.1) is 0 Å². The van der Waals surface area contributed by atoms with Gasteiger partial charge in [0.25, 0.3) is 0 Å². The number of benzene rings is 2. The van der Waals surface area contributed by atoms with E-state index in [2.05, 4.69) is 10.3 Å². The number of para-hydroxylation sites is 2. The number of hydrogen-bond donors (Lipinski definition) is 1. The summed E-state index contributed by atoms with van der Waals surface area (Å²) >= 11 is 5.96. The first-order valence-electron chi connectivity index (χ1n) is 8.41. The summed E-state index contributed by atoms with van der Waals surface area (Å²) in [5.74, 6) is 0.811. The highest BCUT2D eigenvalue weighted by atomic mass is 35.5. The maximum Gasteiger partial charge on any atom is 0.228 e. The topological polar surface area (TPSA) is 46.9 Å². The van der Waals surface area contributed by atoms with Crippen LogP contribution in [-0.4, -0.2) is 15.5 Å². The predicted molar refractivity (Wildman–Crippen MR) is 102 cm³/mol. The molecule has 0 spiro atoms. The smallest absolute Gasteiger partial charge is 0.228 e. The lowest BCUT2D eigenvalue weighted by molar-refractivity contribution is -0.123. The van der Waals surface area contributed by atoms with E-state index >= 15 is 0 Å². The Kier molecular flexibility index (Phi) is 5.09. The van der Waals surface area contributed by atoms with Crippen LogP contribution in [0.25, 0.3) is 11.0 Å². The Balaban J connectivity index is 1.77. The normalized spacial score (nSPS) is 12.5. The first kappa shape index (κ1) is 17.5. The van der Waals surface area contributed by atoms with Gasteiger partial charge >= 0.3 is 0 Å². The monoisotopic (exact) mass is 355 g/mol. The lowest BCUT2D eigenvalue weighted by Gasteiger charge is -2.20. The van der Waals surface area contributed by atoms with Gasteiger partial charge in [0.15, 0.2) is 0 Å².